The quantitative estimate of drug-likeness (QED) is 0.799. The highest BCUT2D eigenvalue weighted by molar-refractivity contribution is 7.16. The number of nitrogens with one attached hydrogen (secondary N) is 1. The van der Waals surface area contributed by atoms with Gasteiger partial charge in [-0.3, -0.25) is 4.68 Å². The molecule has 0 unspecified atom stereocenters. The summed E-state index contributed by atoms with van der Waals surface area (Å²) in [5.74, 6) is 0. The number of hydrogen-bond acceptors (Lipinski definition) is 4. The molecule has 3 aromatic rings. The fraction of sp³-hybridized carbons (Fsp3) is 0.167. The second-order valence-electron chi connectivity index (χ2n) is 3.92. The number of aromatic nitrogens is 3. The van der Waals surface area contributed by atoms with Gasteiger partial charge in [0.25, 0.3) is 0 Å². The smallest absolute Gasteiger partial charge is 0.106 e. The van der Waals surface area contributed by atoms with Gasteiger partial charge in [0.05, 0.1) is 33.2 Å². The number of fused-ring (bicyclic) bond motifs is 1. The minimum atomic E-state index is 0.673. The first kappa shape index (κ1) is 11.5. The van der Waals surface area contributed by atoms with E-state index >= 15 is 0 Å². The second-order valence-corrected chi connectivity index (χ2v) is 5.21. The Morgan fingerprint density at radius 1 is 1.39 bits per heavy atom. The number of aryl methyl sites for hydroxylation is 1. The Morgan fingerprint density at radius 2 is 2.28 bits per heavy atom. The predicted octanol–water partition coefficient (Wildman–Crippen LogP) is 3.30. The Hall–Kier alpha value is -1.59. The molecule has 0 bridgehead atoms. The topological polar surface area (TPSA) is 42.7 Å². The number of rotatable bonds is 3. The first-order chi connectivity index (χ1) is 8.75. The molecule has 4 nitrogen and oxygen atoms in total. The van der Waals surface area contributed by atoms with Crippen molar-refractivity contribution >= 4 is 38.8 Å². The number of thiazole rings is 1. The summed E-state index contributed by atoms with van der Waals surface area (Å²) in [6.45, 7) is 0.673. The Labute approximate surface area is 113 Å². The van der Waals surface area contributed by atoms with Crippen molar-refractivity contribution in [3.63, 3.8) is 0 Å². The Morgan fingerprint density at radius 3 is 3.06 bits per heavy atom. The van der Waals surface area contributed by atoms with Gasteiger partial charge in [0, 0.05) is 13.2 Å². The van der Waals surface area contributed by atoms with E-state index in [0.29, 0.717) is 11.6 Å². The molecule has 1 aromatic carbocycles. The number of benzene rings is 1. The summed E-state index contributed by atoms with van der Waals surface area (Å²) in [7, 11) is 1.92. The third-order valence-electron chi connectivity index (χ3n) is 2.82. The van der Waals surface area contributed by atoms with E-state index in [2.05, 4.69) is 15.4 Å². The largest absolute Gasteiger partial charge is 0.376 e. The number of halogens is 1. The third kappa shape index (κ3) is 1.95. The molecule has 0 fully saturated rings. The average Bonchev–Trinajstić information content (AvgIpc) is 2.97. The van der Waals surface area contributed by atoms with Crippen molar-refractivity contribution in [2.45, 2.75) is 6.54 Å². The van der Waals surface area contributed by atoms with E-state index in [4.69, 9.17) is 11.6 Å². The van der Waals surface area contributed by atoms with Gasteiger partial charge in [0.1, 0.15) is 5.52 Å². The summed E-state index contributed by atoms with van der Waals surface area (Å²) in [5.41, 5.74) is 4.74. The van der Waals surface area contributed by atoms with Crippen molar-refractivity contribution in [2.75, 3.05) is 5.32 Å². The van der Waals surface area contributed by atoms with Crippen LogP contribution in [0.3, 0.4) is 0 Å². The zero-order valence-electron chi connectivity index (χ0n) is 9.72. The van der Waals surface area contributed by atoms with Gasteiger partial charge < -0.3 is 5.32 Å². The lowest BCUT2D eigenvalue weighted by atomic mass is 10.2. The fourth-order valence-electron chi connectivity index (χ4n) is 1.83. The predicted molar refractivity (Wildman–Crippen MR) is 75.2 cm³/mol. The minimum absolute atomic E-state index is 0.673. The standard InChI is InChI=1S/C12H11ClN4S/c1-17-8(4-5-16-17)6-14-11-9(13)2-3-10-12(11)15-7-18-10/h2-5,7,14H,6H2,1H3. The Bertz CT molecular complexity index is 688. The van der Waals surface area contributed by atoms with Crippen molar-refractivity contribution in [1.29, 1.82) is 0 Å². The highest BCUT2D eigenvalue weighted by Gasteiger charge is 2.09. The van der Waals surface area contributed by atoms with E-state index in [1.54, 1.807) is 17.5 Å². The van der Waals surface area contributed by atoms with E-state index in [0.717, 1.165) is 21.6 Å². The molecular formula is C12H11ClN4S. The summed E-state index contributed by atoms with van der Waals surface area (Å²) in [6.07, 6.45) is 1.78. The van der Waals surface area contributed by atoms with Gasteiger partial charge in [-0.1, -0.05) is 11.6 Å². The number of nitrogens with zero attached hydrogens (tertiary/aromatic N) is 3. The maximum absolute atomic E-state index is 6.22. The fourth-order valence-corrected chi connectivity index (χ4v) is 2.73. The summed E-state index contributed by atoms with van der Waals surface area (Å²) in [4.78, 5) is 4.35. The van der Waals surface area contributed by atoms with Crippen molar-refractivity contribution in [1.82, 2.24) is 14.8 Å². The first-order valence-electron chi connectivity index (χ1n) is 5.48. The highest BCUT2D eigenvalue weighted by atomic mass is 35.5. The third-order valence-corrected chi connectivity index (χ3v) is 3.93. The van der Waals surface area contributed by atoms with E-state index in [9.17, 15) is 0 Å². The molecule has 0 aliphatic carbocycles. The molecule has 0 saturated heterocycles. The van der Waals surface area contributed by atoms with E-state index in [1.165, 1.54) is 0 Å². The van der Waals surface area contributed by atoms with Gasteiger partial charge in [-0.15, -0.1) is 11.3 Å². The van der Waals surface area contributed by atoms with Gasteiger partial charge in [0.15, 0.2) is 0 Å². The van der Waals surface area contributed by atoms with Crippen LogP contribution in [0.25, 0.3) is 10.2 Å². The lowest BCUT2D eigenvalue weighted by molar-refractivity contribution is 0.720. The normalized spacial score (nSPS) is 11.0. The van der Waals surface area contributed by atoms with Gasteiger partial charge >= 0.3 is 0 Å². The molecule has 6 heteroatoms. The average molecular weight is 279 g/mol. The number of anilines is 1. The van der Waals surface area contributed by atoms with Gasteiger partial charge in [-0.2, -0.15) is 5.10 Å². The second kappa shape index (κ2) is 4.59. The Kier molecular flexibility index (Phi) is 2.93. The monoisotopic (exact) mass is 278 g/mol. The van der Waals surface area contributed by atoms with Gasteiger partial charge in [-0.25, -0.2) is 4.98 Å². The molecule has 3 rings (SSSR count). The van der Waals surface area contributed by atoms with Crippen LogP contribution in [0.1, 0.15) is 5.69 Å². The molecule has 0 aliphatic rings. The summed E-state index contributed by atoms with van der Waals surface area (Å²) < 4.78 is 2.97. The molecule has 2 heterocycles. The van der Waals surface area contributed by atoms with Crippen LogP contribution in [-0.4, -0.2) is 14.8 Å². The zero-order valence-corrected chi connectivity index (χ0v) is 11.3. The van der Waals surface area contributed by atoms with Crippen LogP contribution in [0.2, 0.25) is 5.02 Å². The maximum atomic E-state index is 6.22. The molecule has 0 saturated carbocycles. The zero-order chi connectivity index (χ0) is 12.5. The van der Waals surface area contributed by atoms with E-state index < -0.39 is 0 Å². The van der Waals surface area contributed by atoms with Crippen LogP contribution in [0, 0.1) is 0 Å². The highest BCUT2D eigenvalue weighted by Crippen LogP contribution is 2.32. The molecule has 0 amide bonds. The van der Waals surface area contributed by atoms with Gasteiger partial charge in [0.2, 0.25) is 0 Å². The summed E-state index contributed by atoms with van der Waals surface area (Å²) in [5, 5.41) is 8.16. The molecule has 18 heavy (non-hydrogen) atoms. The molecular weight excluding hydrogens is 268 g/mol. The van der Waals surface area contributed by atoms with Crippen LogP contribution < -0.4 is 5.32 Å². The van der Waals surface area contributed by atoms with E-state index in [-0.39, 0.29) is 0 Å². The van der Waals surface area contributed by atoms with Crippen LogP contribution in [0.15, 0.2) is 29.9 Å². The molecule has 0 radical (unpaired) electrons. The van der Waals surface area contributed by atoms with Crippen molar-refractivity contribution in [3.8, 4) is 0 Å². The van der Waals surface area contributed by atoms with Crippen LogP contribution in [0.5, 0.6) is 0 Å². The maximum Gasteiger partial charge on any atom is 0.106 e. The van der Waals surface area contributed by atoms with Crippen molar-refractivity contribution in [3.05, 3.63) is 40.6 Å². The van der Waals surface area contributed by atoms with Gasteiger partial charge in [-0.05, 0) is 18.2 Å². The van der Waals surface area contributed by atoms with Crippen LogP contribution >= 0.6 is 22.9 Å². The molecule has 2 aromatic heterocycles. The molecule has 0 aliphatic heterocycles. The lowest BCUT2D eigenvalue weighted by Gasteiger charge is -2.09. The summed E-state index contributed by atoms with van der Waals surface area (Å²) in [6, 6.07) is 5.86. The SMILES string of the molecule is Cn1nccc1CNc1c(Cl)ccc2scnc12. The van der Waals surface area contributed by atoms with Crippen molar-refractivity contribution < 1.29 is 0 Å². The molecule has 1 N–H and O–H groups in total. The van der Waals surface area contributed by atoms with E-state index in [1.807, 2.05) is 35.4 Å². The minimum Gasteiger partial charge on any atom is -0.376 e. The summed E-state index contributed by atoms with van der Waals surface area (Å²) >= 11 is 7.83. The molecule has 0 spiro atoms. The first-order valence-corrected chi connectivity index (χ1v) is 6.74. The lowest BCUT2D eigenvalue weighted by Crippen LogP contribution is -2.06. The molecule has 0 atom stereocenters. The van der Waals surface area contributed by atoms with Crippen molar-refractivity contribution in [2.24, 2.45) is 7.05 Å². The number of hydrogen-bond donors (Lipinski definition) is 1. The Balaban J connectivity index is 1.92. The van der Waals surface area contributed by atoms with Crippen LogP contribution in [-0.2, 0) is 13.6 Å². The van der Waals surface area contributed by atoms with Crippen LogP contribution in [0.4, 0.5) is 5.69 Å². The molecule has 92 valence electrons.